The maximum atomic E-state index is 3.55. The molecule has 1 atom stereocenters. The first-order valence-electron chi connectivity index (χ1n) is 5.53. The number of hydrogen-bond acceptors (Lipinski definition) is 3. The van der Waals surface area contributed by atoms with E-state index in [2.05, 4.69) is 44.5 Å². The van der Waals surface area contributed by atoms with E-state index in [1.807, 2.05) is 23.1 Å². The van der Waals surface area contributed by atoms with Gasteiger partial charge in [0.1, 0.15) is 0 Å². The van der Waals surface area contributed by atoms with Crippen LogP contribution in [0.1, 0.15) is 37.3 Å². The molecule has 0 spiro atoms. The minimum Gasteiger partial charge on any atom is -0.309 e. The summed E-state index contributed by atoms with van der Waals surface area (Å²) in [6.45, 7) is 9.90. The number of thiophene rings is 1. The summed E-state index contributed by atoms with van der Waals surface area (Å²) in [5.41, 5.74) is 1.45. The highest BCUT2D eigenvalue weighted by Crippen LogP contribution is 2.25. The summed E-state index contributed by atoms with van der Waals surface area (Å²) in [5, 5.41) is 6.55. The monoisotopic (exact) mass is 243 g/mol. The van der Waals surface area contributed by atoms with Crippen LogP contribution in [-0.2, 0) is 0 Å². The van der Waals surface area contributed by atoms with Crippen molar-refractivity contribution < 1.29 is 0 Å². The fraction of sp³-hybridized carbons (Fsp3) is 0.667. The standard InChI is InChI=1S/C12H21NS2/c1-5-13-12(8-14-9(2)3)11-6-10(4)15-7-11/h6-7,9,12-13H,5,8H2,1-4H3. The molecule has 0 radical (unpaired) electrons. The zero-order valence-corrected chi connectivity index (χ0v) is 11.7. The molecule has 1 N–H and O–H groups in total. The van der Waals surface area contributed by atoms with Crippen LogP contribution in [0.3, 0.4) is 0 Å². The van der Waals surface area contributed by atoms with Crippen molar-refractivity contribution in [2.24, 2.45) is 0 Å². The topological polar surface area (TPSA) is 12.0 Å². The third kappa shape index (κ3) is 4.58. The Bertz CT molecular complexity index is 281. The first kappa shape index (κ1) is 13.1. The number of aryl methyl sites for hydroxylation is 1. The minimum absolute atomic E-state index is 0.521. The predicted octanol–water partition coefficient (Wildman–Crippen LogP) is 3.85. The van der Waals surface area contributed by atoms with Crippen molar-refractivity contribution in [2.75, 3.05) is 12.3 Å². The Morgan fingerprint density at radius 2 is 2.20 bits per heavy atom. The number of rotatable bonds is 6. The highest BCUT2D eigenvalue weighted by Gasteiger charge is 2.12. The van der Waals surface area contributed by atoms with E-state index in [1.165, 1.54) is 16.2 Å². The van der Waals surface area contributed by atoms with Crippen LogP contribution in [-0.4, -0.2) is 17.5 Å². The minimum atomic E-state index is 0.521. The van der Waals surface area contributed by atoms with E-state index in [0.29, 0.717) is 11.3 Å². The van der Waals surface area contributed by atoms with Gasteiger partial charge in [-0.2, -0.15) is 11.8 Å². The van der Waals surface area contributed by atoms with Gasteiger partial charge in [0.2, 0.25) is 0 Å². The lowest BCUT2D eigenvalue weighted by molar-refractivity contribution is 0.607. The molecule has 0 fully saturated rings. The molecule has 1 rings (SSSR count). The second-order valence-electron chi connectivity index (χ2n) is 3.98. The quantitative estimate of drug-likeness (QED) is 0.814. The van der Waals surface area contributed by atoms with Gasteiger partial charge in [-0.25, -0.2) is 0 Å². The second kappa shape index (κ2) is 6.56. The average Bonchev–Trinajstić information content (AvgIpc) is 2.59. The normalized spacial score (nSPS) is 13.4. The van der Waals surface area contributed by atoms with Crippen molar-refractivity contribution in [3.8, 4) is 0 Å². The Morgan fingerprint density at radius 1 is 1.47 bits per heavy atom. The summed E-state index contributed by atoms with van der Waals surface area (Å²) in [6.07, 6.45) is 0. The Hall–Kier alpha value is 0.0100. The van der Waals surface area contributed by atoms with Gasteiger partial charge in [-0.3, -0.25) is 0 Å². The van der Waals surface area contributed by atoms with Crippen molar-refractivity contribution in [3.05, 3.63) is 21.9 Å². The van der Waals surface area contributed by atoms with Crippen LogP contribution >= 0.6 is 23.1 Å². The van der Waals surface area contributed by atoms with Crippen LogP contribution in [0.25, 0.3) is 0 Å². The largest absolute Gasteiger partial charge is 0.309 e. The molecule has 3 heteroatoms. The first-order chi connectivity index (χ1) is 7.13. The average molecular weight is 243 g/mol. The predicted molar refractivity (Wildman–Crippen MR) is 73.1 cm³/mol. The molecule has 0 aliphatic rings. The lowest BCUT2D eigenvalue weighted by Gasteiger charge is -2.17. The molecule has 0 saturated heterocycles. The maximum absolute atomic E-state index is 3.55. The molecular weight excluding hydrogens is 222 g/mol. The zero-order valence-electron chi connectivity index (χ0n) is 10.0. The molecule has 1 heterocycles. The highest BCUT2D eigenvalue weighted by molar-refractivity contribution is 7.99. The highest BCUT2D eigenvalue weighted by atomic mass is 32.2. The lowest BCUT2D eigenvalue weighted by atomic mass is 10.2. The van der Waals surface area contributed by atoms with Crippen LogP contribution in [0.5, 0.6) is 0 Å². The van der Waals surface area contributed by atoms with Crippen LogP contribution in [0, 0.1) is 6.92 Å². The molecule has 15 heavy (non-hydrogen) atoms. The molecular formula is C12H21NS2. The Labute approximate surface area is 102 Å². The van der Waals surface area contributed by atoms with Crippen molar-refractivity contribution in [2.45, 2.75) is 39.0 Å². The van der Waals surface area contributed by atoms with Crippen molar-refractivity contribution >= 4 is 23.1 Å². The summed E-state index contributed by atoms with van der Waals surface area (Å²) in [4.78, 5) is 1.41. The van der Waals surface area contributed by atoms with Crippen LogP contribution < -0.4 is 5.32 Å². The molecule has 0 saturated carbocycles. The van der Waals surface area contributed by atoms with Gasteiger partial charge in [-0.15, -0.1) is 11.3 Å². The molecule has 0 aromatic carbocycles. The van der Waals surface area contributed by atoms with Crippen LogP contribution in [0.4, 0.5) is 0 Å². The van der Waals surface area contributed by atoms with E-state index in [0.717, 1.165) is 6.54 Å². The summed E-state index contributed by atoms with van der Waals surface area (Å²) in [6, 6.07) is 2.83. The van der Waals surface area contributed by atoms with Crippen molar-refractivity contribution in [1.29, 1.82) is 0 Å². The fourth-order valence-corrected chi connectivity index (χ4v) is 3.10. The molecule has 0 bridgehead atoms. The van der Waals surface area contributed by atoms with Gasteiger partial charge in [0.15, 0.2) is 0 Å². The first-order valence-corrected chi connectivity index (χ1v) is 7.46. The van der Waals surface area contributed by atoms with E-state index < -0.39 is 0 Å². The van der Waals surface area contributed by atoms with Gasteiger partial charge >= 0.3 is 0 Å². The number of nitrogens with one attached hydrogen (secondary N) is 1. The second-order valence-corrected chi connectivity index (χ2v) is 6.71. The third-order valence-electron chi connectivity index (χ3n) is 2.20. The maximum Gasteiger partial charge on any atom is 0.0420 e. The van der Waals surface area contributed by atoms with E-state index in [-0.39, 0.29) is 0 Å². The zero-order chi connectivity index (χ0) is 11.3. The Kier molecular flexibility index (Phi) is 5.72. The molecule has 1 nitrogen and oxygen atoms in total. The number of thioether (sulfide) groups is 1. The van der Waals surface area contributed by atoms with Gasteiger partial charge < -0.3 is 5.32 Å². The van der Waals surface area contributed by atoms with Crippen molar-refractivity contribution in [1.82, 2.24) is 5.32 Å². The summed E-state index contributed by atoms with van der Waals surface area (Å²) in [7, 11) is 0. The Morgan fingerprint density at radius 3 is 2.67 bits per heavy atom. The van der Waals surface area contributed by atoms with E-state index in [9.17, 15) is 0 Å². The van der Waals surface area contributed by atoms with Gasteiger partial charge in [-0.05, 0) is 35.7 Å². The molecule has 86 valence electrons. The third-order valence-corrected chi connectivity index (χ3v) is 4.27. The molecule has 0 amide bonds. The Balaban J connectivity index is 2.57. The summed E-state index contributed by atoms with van der Waals surface area (Å²) < 4.78 is 0. The van der Waals surface area contributed by atoms with Crippen molar-refractivity contribution in [3.63, 3.8) is 0 Å². The molecule has 0 aliphatic carbocycles. The van der Waals surface area contributed by atoms with E-state index in [1.54, 1.807) is 0 Å². The van der Waals surface area contributed by atoms with Gasteiger partial charge in [0, 0.05) is 16.7 Å². The number of hydrogen-bond donors (Lipinski definition) is 1. The fourth-order valence-electron chi connectivity index (χ4n) is 1.45. The van der Waals surface area contributed by atoms with Gasteiger partial charge in [-0.1, -0.05) is 20.8 Å². The van der Waals surface area contributed by atoms with E-state index in [4.69, 9.17) is 0 Å². The lowest BCUT2D eigenvalue weighted by Crippen LogP contribution is -2.23. The smallest absolute Gasteiger partial charge is 0.0420 e. The van der Waals surface area contributed by atoms with Crippen LogP contribution in [0.2, 0.25) is 0 Å². The SMILES string of the molecule is CCNC(CSC(C)C)c1csc(C)c1. The molecule has 0 aliphatic heterocycles. The molecule has 1 aromatic heterocycles. The molecule has 1 aromatic rings. The van der Waals surface area contributed by atoms with Gasteiger partial charge in [0.05, 0.1) is 0 Å². The molecule has 1 unspecified atom stereocenters. The summed E-state index contributed by atoms with van der Waals surface area (Å²) >= 11 is 3.87. The summed E-state index contributed by atoms with van der Waals surface area (Å²) in [5.74, 6) is 1.17. The van der Waals surface area contributed by atoms with E-state index >= 15 is 0 Å². The van der Waals surface area contributed by atoms with Gasteiger partial charge in [0.25, 0.3) is 0 Å². The van der Waals surface area contributed by atoms with Crippen LogP contribution in [0.15, 0.2) is 11.4 Å².